The molecular formula is C27H44N2O5S. The molecule has 1 aliphatic carbocycles. The number of ether oxygens (including phenoxy) is 2. The van der Waals surface area contributed by atoms with Gasteiger partial charge in [-0.05, 0) is 68.3 Å². The molecule has 2 fully saturated rings. The normalized spacial score (nSPS) is 22.0. The third-order valence-electron chi connectivity index (χ3n) is 7.56. The van der Waals surface area contributed by atoms with Crippen molar-refractivity contribution < 1.29 is 22.7 Å². The molecule has 3 atom stereocenters. The van der Waals surface area contributed by atoms with Gasteiger partial charge in [-0.3, -0.25) is 0 Å². The van der Waals surface area contributed by atoms with Crippen LogP contribution in [0.2, 0.25) is 0 Å². The quantitative estimate of drug-likeness (QED) is 0.343. The number of sulfonamides is 1. The van der Waals surface area contributed by atoms with Gasteiger partial charge in [-0.2, -0.15) is 0 Å². The zero-order valence-corrected chi connectivity index (χ0v) is 22.3. The van der Waals surface area contributed by atoms with Crippen LogP contribution < -0.4 is 5.32 Å². The highest BCUT2D eigenvalue weighted by Crippen LogP contribution is 2.49. The van der Waals surface area contributed by atoms with E-state index in [1.54, 1.807) is 11.2 Å². The van der Waals surface area contributed by atoms with Gasteiger partial charge in [0, 0.05) is 32.8 Å². The molecule has 3 rings (SSSR count). The van der Waals surface area contributed by atoms with Crippen molar-refractivity contribution in [2.45, 2.75) is 65.4 Å². The van der Waals surface area contributed by atoms with Crippen molar-refractivity contribution in [3.63, 3.8) is 0 Å². The highest BCUT2D eigenvalue weighted by atomic mass is 32.2. The van der Waals surface area contributed by atoms with Crippen LogP contribution in [0.3, 0.4) is 0 Å². The van der Waals surface area contributed by atoms with E-state index >= 15 is 0 Å². The van der Waals surface area contributed by atoms with Crippen molar-refractivity contribution in [2.24, 2.45) is 23.7 Å². The Balaban J connectivity index is 1.25. The third-order valence-corrected chi connectivity index (χ3v) is 9.44. The Hall–Kier alpha value is -1.64. The van der Waals surface area contributed by atoms with E-state index in [1.807, 2.05) is 30.3 Å². The number of rotatable bonds is 15. The summed E-state index contributed by atoms with van der Waals surface area (Å²) in [6.07, 6.45) is 7.16. The van der Waals surface area contributed by atoms with Crippen LogP contribution in [0, 0.1) is 23.7 Å². The monoisotopic (exact) mass is 508 g/mol. The number of hydrogen-bond acceptors (Lipinski definition) is 5. The molecule has 0 radical (unpaired) electrons. The number of amides is 1. The van der Waals surface area contributed by atoms with E-state index in [-0.39, 0.29) is 11.8 Å². The van der Waals surface area contributed by atoms with E-state index in [2.05, 4.69) is 12.2 Å². The molecule has 2 aliphatic rings. The van der Waals surface area contributed by atoms with E-state index in [4.69, 9.17) is 9.47 Å². The van der Waals surface area contributed by atoms with E-state index in [1.165, 1.54) is 12.8 Å². The fraction of sp³-hybridized carbons (Fsp3) is 0.741. The van der Waals surface area contributed by atoms with E-state index in [0.29, 0.717) is 38.1 Å². The standard InChI is InChI=1S/C27H44N2O5S/c1-3-8-24(11-15-28-27(30)34-21-22-9-6-5-7-10-22)26-19-25(26)14-18-33-20-23-12-16-29(17-13-23)35(31,32)4-2/h5-7,9-10,23-26H,3-4,8,11-21H2,1-2H3,(H,28,30)/t24?,25-,26-/m1/s1. The Bertz CT molecular complexity index is 856. The first-order valence-corrected chi connectivity index (χ1v) is 15.0. The smallest absolute Gasteiger partial charge is 0.407 e. The Morgan fingerprint density at radius 2 is 1.89 bits per heavy atom. The summed E-state index contributed by atoms with van der Waals surface area (Å²) in [6, 6.07) is 9.72. The lowest BCUT2D eigenvalue weighted by Crippen LogP contribution is -2.40. The summed E-state index contributed by atoms with van der Waals surface area (Å²) in [4.78, 5) is 12.0. The van der Waals surface area contributed by atoms with E-state index < -0.39 is 10.0 Å². The molecule has 1 N–H and O–H groups in total. The first-order chi connectivity index (χ1) is 16.9. The predicted molar refractivity (Wildman–Crippen MR) is 138 cm³/mol. The highest BCUT2D eigenvalue weighted by Gasteiger charge is 2.41. The van der Waals surface area contributed by atoms with Gasteiger partial charge in [0.05, 0.1) is 5.75 Å². The average Bonchev–Trinajstić information content (AvgIpc) is 3.65. The first kappa shape index (κ1) is 27.9. The first-order valence-electron chi connectivity index (χ1n) is 13.4. The minimum atomic E-state index is -3.06. The molecule has 8 heteroatoms. The molecule has 1 aromatic carbocycles. The number of nitrogens with one attached hydrogen (secondary N) is 1. The summed E-state index contributed by atoms with van der Waals surface area (Å²) < 4.78 is 36.9. The summed E-state index contributed by atoms with van der Waals surface area (Å²) in [5.74, 6) is 2.76. The highest BCUT2D eigenvalue weighted by molar-refractivity contribution is 7.89. The zero-order chi connectivity index (χ0) is 25.1. The lowest BCUT2D eigenvalue weighted by molar-refractivity contribution is 0.0745. The summed E-state index contributed by atoms with van der Waals surface area (Å²) in [5, 5.41) is 2.92. The number of carbonyl (C=O) groups excluding carboxylic acids is 1. The Morgan fingerprint density at radius 3 is 2.57 bits per heavy atom. The van der Waals surface area contributed by atoms with Crippen LogP contribution in [-0.4, -0.2) is 57.4 Å². The SMILES string of the molecule is CCCC(CCNC(=O)OCc1ccccc1)[C@H]1C[C@H]1CCOCC1CCN(S(=O)(=O)CC)CC1. The van der Waals surface area contributed by atoms with Crippen molar-refractivity contribution in [1.82, 2.24) is 9.62 Å². The molecule has 0 bridgehead atoms. The van der Waals surface area contributed by atoms with Crippen LogP contribution in [0.25, 0.3) is 0 Å². The van der Waals surface area contributed by atoms with Crippen LogP contribution in [0.5, 0.6) is 0 Å². The van der Waals surface area contributed by atoms with Crippen LogP contribution in [0.1, 0.15) is 64.4 Å². The molecule has 1 saturated carbocycles. The fourth-order valence-electron chi connectivity index (χ4n) is 5.28. The number of piperidine rings is 1. The molecule has 1 unspecified atom stereocenters. The Labute approximate surface area is 212 Å². The number of benzene rings is 1. The van der Waals surface area contributed by atoms with Crippen LogP contribution in [-0.2, 0) is 26.1 Å². The minimum Gasteiger partial charge on any atom is -0.445 e. The number of alkyl carbamates (subject to hydrolysis) is 1. The van der Waals surface area contributed by atoms with Crippen molar-refractivity contribution >= 4 is 16.1 Å². The van der Waals surface area contributed by atoms with Gasteiger partial charge in [-0.1, -0.05) is 50.1 Å². The summed E-state index contributed by atoms with van der Waals surface area (Å²) >= 11 is 0. The number of nitrogens with zero attached hydrogens (tertiary/aromatic N) is 1. The van der Waals surface area contributed by atoms with Crippen molar-refractivity contribution in [3.05, 3.63) is 35.9 Å². The predicted octanol–water partition coefficient (Wildman–Crippen LogP) is 4.82. The van der Waals surface area contributed by atoms with E-state index in [0.717, 1.165) is 62.7 Å². The van der Waals surface area contributed by atoms with Crippen molar-refractivity contribution in [2.75, 3.05) is 38.6 Å². The molecular weight excluding hydrogens is 464 g/mol. The molecule has 198 valence electrons. The summed E-state index contributed by atoms with van der Waals surface area (Å²) in [7, 11) is -3.06. The van der Waals surface area contributed by atoms with Crippen LogP contribution in [0.15, 0.2) is 30.3 Å². The fourth-order valence-corrected chi connectivity index (χ4v) is 6.41. The lowest BCUT2D eigenvalue weighted by Gasteiger charge is -2.30. The van der Waals surface area contributed by atoms with Crippen molar-refractivity contribution in [3.8, 4) is 0 Å². The Kier molecular flexibility index (Phi) is 11.3. The average molecular weight is 509 g/mol. The van der Waals surface area contributed by atoms with Gasteiger partial charge >= 0.3 is 6.09 Å². The maximum absolute atomic E-state index is 12.0. The van der Waals surface area contributed by atoms with Gasteiger partial charge in [0.15, 0.2) is 0 Å². The largest absolute Gasteiger partial charge is 0.445 e. The second-order valence-corrected chi connectivity index (χ2v) is 12.3. The third kappa shape index (κ3) is 9.39. The molecule has 1 aliphatic heterocycles. The number of hydrogen-bond donors (Lipinski definition) is 1. The summed E-state index contributed by atoms with van der Waals surface area (Å²) in [6.45, 7) is 7.67. The lowest BCUT2D eigenvalue weighted by atomic mass is 9.92. The molecule has 1 aromatic rings. The maximum Gasteiger partial charge on any atom is 0.407 e. The molecule has 1 heterocycles. The second-order valence-electron chi connectivity index (χ2n) is 10.1. The summed E-state index contributed by atoms with van der Waals surface area (Å²) in [5.41, 5.74) is 0.990. The Morgan fingerprint density at radius 1 is 1.14 bits per heavy atom. The molecule has 1 saturated heterocycles. The molecule has 7 nitrogen and oxygen atoms in total. The maximum atomic E-state index is 12.0. The van der Waals surface area contributed by atoms with Crippen LogP contribution in [0.4, 0.5) is 4.79 Å². The zero-order valence-electron chi connectivity index (χ0n) is 21.5. The van der Waals surface area contributed by atoms with Gasteiger partial charge in [-0.25, -0.2) is 17.5 Å². The van der Waals surface area contributed by atoms with Gasteiger partial charge < -0.3 is 14.8 Å². The van der Waals surface area contributed by atoms with E-state index in [9.17, 15) is 13.2 Å². The molecule has 1 amide bonds. The molecule has 0 aromatic heterocycles. The van der Waals surface area contributed by atoms with Gasteiger partial charge in [-0.15, -0.1) is 0 Å². The van der Waals surface area contributed by atoms with Gasteiger partial charge in [0.1, 0.15) is 6.61 Å². The van der Waals surface area contributed by atoms with Gasteiger partial charge in [0.25, 0.3) is 0 Å². The van der Waals surface area contributed by atoms with Crippen LogP contribution >= 0.6 is 0 Å². The minimum absolute atomic E-state index is 0.185. The van der Waals surface area contributed by atoms with Gasteiger partial charge in [0.2, 0.25) is 10.0 Å². The molecule has 0 spiro atoms. The van der Waals surface area contributed by atoms with Crippen molar-refractivity contribution in [1.29, 1.82) is 0 Å². The number of carbonyl (C=O) groups is 1. The topological polar surface area (TPSA) is 84.9 Å². The molecule has 35 heavy (non-hydrogen) atoms. The second kappa shape index (κ2) is 14.2.